The van der Waals surface area contributed by atoms with Crippen LogP contribution in [0, 0.1) is 6.92 Å². The Balaban J connectivity index is 1.94. The van der Waals surface area contributed by atoms with Crippen molar-refractivity contribution in [3.05, 3.63) is 52.1 Å². The molecule has 5 aromatic rings. The fourth-order valence-electron chi connectivity index (χ4n) is 3.49. The molecule has 0 unspecified atom stereocenters. The number of aromatic nitrogens is 7. The number of hydrogen-bond acceptors (Lipinski definition) is 7. The molecule has 4 heterocycles. The van der Waals surface area contributed by atoms with Crippen molar-refractivity contribution in [3.8, 4) is 11.1 Å². The Morgan fingerprint density at radius 3 is 2.72 bits per heavy atom. The van der Waals surface area contributed by atoms with Gasteiger partial charge in [-0.15, -0.1) is 10.2 Å². The second-order valence-electron chi connectivity index (χ2n) is 6.45. The predicted octanol–water partition coefficient (Wildman–Crippen LogP) is 1.99. The van der Waals surface area contributed by atoms with Gasteiger partial charge in [-0.05, 0) is 19.4 Å². The van der Waals surface area contributed by atoms with E-state index < -0.39 is 5.97 Å². The maximum Gasteiger partial charge on any atom is 0.360 e. The van der Waals surface area contributed by atoms with Gasteiger partial charge >= 0.3 is 5.97 Å². The summed E-state index contributed by atoms with van der Waals surface area (Å²) in [5.41, 5.74) is 2.98. The standard InChI is InChI=1S/C19H15N7O3/c1-3-29-19(28)14-9(2)26-17(23-21-14)12-11(10-7-5-4-6-8-10)13-15(20-16(12)25-26)22-24-18(13)27/h4-8H,3H2,1-2H3,(H,24,27)(H,20,22,25). The molecule has 144 valence electrons. The van der Waals surface area contributed by atoms with E-state index in [1.165, 1.54) is 0 Å². The Morgan fingerprint density at radius 2 is 1.97 bits per heavy atom. The van der Waals surface area contributed by atoms with Gasteiger partial charge < -0.3 is 4.74 Å². The highest BCUT2D eigenvalue weighted by Gasteiger charge is 2.23. The number of esters is 1. The third-order valence-corrected chi connectivity index (χ3v) is 4.78. The molecule has 0 amide bonds. The van der Waals surface area contributed by atoms with Crippen molar-refractivity contribution in [1.82, 2.24) is 35.0 Å². The lowest BCUT2D eigenvalue weighted by atomic mass is 10.0. The van der Waals surface area contributed by atoms with Crippen LogP contribution in [0.1, 0.15) is 23.1 Å². The molecular weight excluding hydrogens is 374 g/mol. The molecule has 1 aromatic carbocycles. The van der Waals surface area contributed by atoms with E-state index in [9.17, 15) is 9.59 Å². The molecule has 0 aliphatic carbocycles. The van der Waals surface area contributed by atoms with Crippen LogP contribution in [-0.4, -0.2) is 47.6 Å². The van der Waals surface area contributed by atoms with Gasteiger partial charge in [-0.25, -0.2) is 19.4 Å². The number of benzene rings is 1. The fourth-order valence-corrected chi connectivity index (χ4v) is 3.49. The molecule has 2 N–H and O–H groups in total. The minimum absolute atomic E-state index is 0.104. The highest BCUT2D eigenvalue weighted by Crippen LogP contribution is 2.34. The van der Waals surface area contributed by atoms with Crippen LogP contribution < -0.4 is 5.56 Å². The molecule has 4 aromatic heterocycles. The van der Waals surface area contributed by atoms with Gasteiger partial charge in [-0.3, -0.25) is 9.89 Å². The number of hydrogen-bond donors (Lipinski definition) is 2. The second kappa shape index (κ2) is 6.23. The molecule has 0 saturated carbocycles. The van der Waals surface area contributed by atoms with Crippen LogP contribution in [-0.2, 0) is 4.74 Å². The Kier molecular flexibility index (Phi) is 3.66. The second-order valence-corrected chi connectivity index (χ2v) is 6.45. The first-order valence-electron chi connectivity index (χ1n) is 8.98. The van der Waals surface area contributed by atoms with Gasteiger partial charge in [0.2, 0.25) is 0 Å². The summed E-state index contributed by atoms with van der Waals surface area (Å²) in [6.07, 6.45) is 0. The summed E-state index contributed by atoms with van der Waals surface area (Å²) in [4.78, 5) is 29.1. The average Bonchev–Trinajstić information content (AvgIpc) is 3.28. The maximum atomic E-state index is 12.5. The van der Waals surface area contributed by atoms with Gasteiger partial charge in [-0.1, -0.05) is 30.3 Å². The van der Waals surface area contributed by atoms with Crippen molar-refractivity contribution in [3.63, 3.8) is 0 Å². The van der Waals surface area contributed by atoms with Gasteiger partial charge in [-0.2, -0.15) is 5.10 Å². The molecule has 29 heavy (non-hydrogen) atoms. The quantitative estimate of drug-likeness (QED) is 0.451. The minimum Gasteiger partial charge on any atom is -0.461 e. The van der Waals surface area contributed by atoms with Crippen molar-refractivity contribution in [1.29, 1.82) is 0 Å². The first kappa shape index (κ1) is 17.0. The molecule has 0 radical (unpaired) electrons. The van der Waals surface area contributed by atoms with Crippen molar-refractivity contribution in [2.75, 3.05) is 6.61 Å². The molecule has 10 heteroatoms. The topological polar surface area (TPSA) is 131 Å². The normalized spacial score (nSPS) is 11.5. The highest BCUT2D eigenvalue weighted by atomic mass is 16.5. The molecule has 0 bridgehead atoms. The number of ether oxygens (including phenoxy) is 1. The minimum atomic E-state index is -0.557. The van der Waals surface area contributed by atoms with Crippen LogP contribution in [0.2, 0.25) is 0 Å². The van der Waals surface area contributed by atoms with Gasteiger partial charge in [0.15, 0.2) is 22.6 Å². The zero-order chi connectivity index (χ0) is 20.1. The number of nitrogens with one attached hydrogen (secondary N) is 2. The van der Waals surface area contributed by atoms with Crippen molar-refractivity contribution in [2.24, 2.45) is 0 Å². The zero-order valence-corrected chi connectivity index (χ0v) is 15.6. The summed E-state index contributed by atoms with van der Waals surface area (Å²) in [5, 5.41) is 18.9. The van der Waals surface area contributed by atoms with E-state index in [4.69, 9.17) is 4.74 Å². The number of aryl methyl sites for hydroxylation is 1. The lowest BCUT2D eigenvalue weighted by Gasteiger charge is -2.06. The largest absolute Gasteiger partial charge is 0.461 e. The Labute approximate surface area is 162 Å². The summed E-state index contributed by atoms with van der Waals surface area (Å²) < 4.78 is 6.67. The SMILES string of the molecule is CCOC(=O)c1nnc2c3c(-c4ccccc4)c4c(=O)[nH]nc4nc3[nH]n2c1C. The molecular formula is C19H15N7O3. The number of nitrogens with zero attached hydrogens (tertiary/aromatic N) is 5. The van der Waals surface area contributed by atoms with E-state index in [1.807, 2.05) is 30.3 Å². The van der Waals surface area contributed by atoms with Crippen LogP contribution >= 0.6 is 0 Å². The number of carbonyl (C=O) groups excluding carboxylic acids is 1. The third-order valence-electron chi connectivity index (χ3n) is 4.78. The molecule has 5 rings (SSSR count). The molecule has 0 atom stereocenters. The van der Waals surface area contributed by atoms with Crippen molar-refractivity contribution >= 4 is 33.7 Å². The van der Waals surface area contributed by atoms with Gasteiger partial charge in [0, 0.05) is 5.56 Å². The maximum absolute atomic E-state index is 12.5. The van der Waals surface area contributed by atoms with Crippen molar-refractivity contribution in [2.45, 2.75) is 13.8 Å². The smallest absolute Gasteiger partial charge is 0.360 e. The monoisotopic (exact) mass is 389 g/mol. The Bertz CT molecular complexity index is 1460. The van der Waals surface area contributed by atoms with Crippen LogP contribution in [0.4, 0.5) is 0 Å². The Morgan fingerprint density at radius 1 is 1.17 bits per heavy atom. The first-order valence-corrected chi connectivity index (χ1v) is 8.98. The van der Waals surface area contributed by atoms with Crippen molar-refractivity contribution < 1.29 is 9.53 Å². The predicted molar refractivity (Wildman–Crippen MR) is 105 cm³/mol. The van der Waals surface area contributed by atoms with E-state index in [0.29, 0.717) is 39.0 Å². The lowest BCUT2D eigenvalue weighted by molar-refractivity contribution is 0.0516. The van der Waals surface area contributed by atoms with E-state index >= 15 is 0 Å². The number of fused-ring (bicyclic) bond motifs is 4. The zero-order valence-electron chi connectivity index (χ0n) is 15.6. The number of carbonyl (C=O) groups is 1. The summed E-state index contributed by atoms with van der Waals surface area (Å²) in [7, 11) is 0. The van der Waals surface area contributed by atoms with Gasteiger partial charge in [0.1, 0.15) is 0 Å². The van der Waals surface area contributed by atoms with Gasteiger partial charge in [0.25, 0.3) is 5.56 Å². The molecule has 0 saturated heterocycles. The molecule has 0 fully saturated rings. The highest BCUT2D eigenvalue weighted by molar-refractivity contribution is 6.12. The summed E-state index contributed by atoms with van der Waals surface area (Å²) in [6.45, 7) is 3.69. The number of rotatable bonds is 3. The fraction of sp³-hybridized carbons (Fsp3) is 0.158. The van der Waals surface area contributed by atoms with Crippen LogP contribution in [0.5, 0.6) is 0 Å². The number of pyridine rings is 1. The molecule has 0 spiro atoms. The summed E-state index contributed by atoms with van der Waals surface area (Å²) in [5.74, 6) is -0.557. The molecule has 0 aliphatic rings. The first-order chi connectivity index (χ1) is 14.1. The van der Waals surface area contributed by atoms with E-state index in [-0.39, 0.29) is 17.9 Å². The molecule has 10 nitrogen and oxygen atoms in total. The van der Waals surface area contributed by atoms with Crippen LogP contribution in [0.25, 0.3) is 38.8 Å². The van der Waals surface area contributed by atoms with E-state index in [2.05, 4.69) is 30.5 Å². The molecule has 0 aliphatic heterocycles. The van der Waals surface area contributed by atoms with E-state index in [1.54, 1.807) is 18.4 Å². The van der Waals surface area contributed by atoms with Crippen LogP contribution in [0.3, 0.4) is 0 Å². The summed E-state index contributed by atoms with van der Waals surface area (Å²) in [6, 6.07) is 9.46. The average molecular weight is 389 g/mol. The number of aromatic amines is 2. The van der Waals surface area contributed by atoms with Crippen LogP contribution in [0.15, 0.2) is 35.1 Å². The lowest BCUT2D eigenvalue weighted by Crippen LogP contribution is -2.14. The third kappa shape index (κ3) is 2.42. The Hall–Kier alpha value is -4.08. The number of H-pyrrole nitrogens is 2. The summed E-state index contributed by atoms with van der Waals surface area (Å²) >= 11 is 0. The van der Waals surface area contributed by atoms with E-state index in [0.717, 1.165) is 5.56 Å². The van der Waals surface area contributed by atoms with Gasteiger partial charge in [0.05, 0.1) is 23.1 Å².